The standard InChI is InChI=1S/C25H22F2N2O5/c1-32-19-9-5-16(6-10-19)14-33-21-3-2-4-22(23(21)27)34-15-18-8-7-17(13-20(18)26)24-28-11-12-29(24)25(30)31/h2-10,13H,11-12,14-15H2,1H3,(H,30,31). The van der Waals surface area contributed by atoms with Crippen molar-refractivity contribution in [2.24, 2.45) is 4.99 Å². The van der Waals surface area contributed by atoms with Crippen molar-refractivity contribution in [3.05, 3.63) is 89.0 Å². The summed E-state index contributed by atoms with van der Waals surface area (Å²) in [6.07, 6.45) is -1.14. The predicted octanol–water partition coefficient (Wildman–Crippen LogP) is 4.87. The van der Waals surface area contributed by atoms with E-state index in [-0.39, 0.29) is 42.7 Å². The molecule has 0 unspecified atom stereocenters. The zero-order valence-electron chi connectivity index (χ0n) is 18.3. The first kappa shape index (κ1) is 23.0. The zero-order chi connectivity index (χ0) is 24.1. The molecule has 3 aromatic carbocycles. The van der Waals surface area contributed by atoms with E-state index >= 15 is 0 Å². The summed E-state index contributed by atoms with van der Waals surface area (Å²) in [5, 5.41) is 9.23. The van der Waals surface area contributed by atoms with Crippen LogP contribution in [0.15, 0.2) is 65.7 Å². The molecule has 0 spiro atoms. The van der Waals surface area contributed by atoms with Gasteiger partial charge in [-0.15, -0.1) is 0 Å². The molecule has 1 amide bonds. The Bertz CT molecular complexity index is 1210. The summed E-state index contributed by atoms with van der Waals surface area (Å²) in [7, 11) is 1.57. The first-order valence-corrected chi connectivity index (χ1v) is 10.5. The lowest BCUT2D eigenvalue weighted by atomic mass is 10.1. The molecule has 7 nitrogen and oxygen atoms in total. The minimum atomic E-state index is -1.14. The van der Waals surface area contributed by atoms with Gasteiger partial charge in [-0.05, 0) is 35.9 Å². The van der Waals surface area contributed by atoms with Gasteiger partial charge in [0.05, 0.1) is 20.2 Å². The second-order valence-electron chi connectivity index (χ2n) is 7.44. The van der Waals surface area contributed by atoms with Crippen molar-refractivity contribution in [1.29, 1.82) is 0 Å². The summed E-state index contributed by atoms with van der Waals surface area (Å²) in [5.74, 6) is -0.451. The molecular formula is C25H22F2N2O5. The Labute approximate surface area is 194 Å². The third kappa shape index (κ3) is 5.09. The van der Waals surface area contributed by atoms with Crippen LogP contribution in [0.3, 0.4) is 0 Å². The topological polar surface area (TPSA) is 80.6 Å². The molecule has 0 aliphatic carbocycles. The van der Waals surface area contributed by atoms with E-state index in [2.05, 4.69) is 4.99 Å². The van der Waals surface area contributed by atoms with Gasteiger partial charge < -0.3 is 19.3 Å². The molecule has 1 aliphatic heterocycles. The second-order valence-corrected chi connectivity index (χ2v) is 7.44. The zero-order valence-corrected chi connectivity index (χ0v) is 18.3. The van der Waals surface area contributed by atoms with Gasteiger partial charge in [0.15, 0.2) is 11.5 Å². The van der Waals surface area contributed by atoms with Gasteiger partial charge >= 0.3 is 6.09 Å². The summed E-state index contributed by atoms with van der Waals surface area (Å²) in [6.45, 7) is 0.482. The fourth-order valence-corrected chi connectivity index (χ4v) is 3.44. The Kier molecular flexibility index (Phi) is 6.91. The van der Waals surface area contributed by atoms with Gasteiger partial charge in [0, 0.05) is 11.1 Å². The van der Waals surface area contributed by atoms with Gasteiger partial charge in [0.1, 0.15) is 30.6 Å². The van der Waals surface area contributed by atoms with Crippen LogP contribution in [0.2, 0.25) is 0 Å². The Hall–Kier alpha value is -4.14. The molecule has 3 aromatic rings. The van der Waals surface area contributed by atoms with E-state index in [4.69, 9.17) is 14.2 Å². The SMILES string of the molecule is COc1ccc(COc2cccc(OCc3ccc(C4=NCCN4C(=O)O)cc3F)c2F)cc1. The number of amides is 1. The molecule has 1 aliphatic rings. The maximum Gasteiger partial charge on any atom is 0.413 e. The maximum absolute atomic E-state index is 14.8. The number of benzene rings is 3. The first-order chi connectivity index (χ1) is 16.5. The monoisotopic (exact) mass is 468 g/mol. The number of carboxylic acid groups (broad SMARTS) is 1. The number of nitrogens with zero attached hydrogens (tertiary/aromatic N) is 2. The highest BCUT2D eigenvalue weighted by Gasteiger charge is 2.25. The van der Waals surface area contributed by atoms with Crippen molar-refractivity contribution in [2.75, 3.05) is 20.2 Å². The van der Waals surface area contributed by atoms with Crippen LogP contribution < -0.4 is 14.2 Å². The van der Waals surface area contributed by atoms with Crippen LogP contribution in [0.1, 0.15) is 16.7 Å². The summed E-state index contributed by atoms with van der Waals surface area (Å²) in [4.78, 5) is 16.5. The van der Waals surface area contributed by atoms with Crippen molar-refractivity contribution in [3.8, 4) is 17.2 Å². The molecular weight excluding hydrogens is 446 g/mol. The number of amidine groups is 1. The summed E-state index contributed by atoms with van der Waals surface area (Å²) >= 11 is 0. The molecule has 34 heavy (non-hydrogen) atoms. The number of rotatable bonds is 8. The lowest BCUT2D eigenvalue weighted by molar-refractivity contribution is 0.172. The number of carbonyl (C=O) groups is 1. The van der Waals surface area contributed by atoms with Crippen LogP contribution in [-0.2, 0) is 13.2 Å². The van der Waals surface area contributed by atoms with Gasteiger partial charge in [-0.3, -0.25) is 9.89 Å². The lowest BCUT2D eigenvalue weighted by Crippen LogP contribution is -2.33. The molecule has 0 fully saturated rings. The van der Waals surface area contributed by atoms with Crippen molar-refractivity contribution in [3.63, 3.8) is 0 Å². The Balaban J connectivity index is 1.41. The molecule has 1 heterocycles. The van der Waals surface area contributed by atoms with Crippen LogP contribution in [0, 0.1) is 11.6 Å². The average Bonchev–Trinajstić information content (AvgIpc) is 3.34. The fraction of sp³-hybridized carbons (Fsp3) is 0.200. The third-order valence-electron chi connectivity index (χ3n) is 5.25. The number of ether oxygens (including phenoxy) is 3. The number of halogens is 2. The maximum atomic E-state index is 14.8. The highest BCUT2D eigenvalue weighted by Crippen LogP contribution is 2.28. The second kappa shape index (κ2) is 10.2. The molecule has 176 valence electrons. The van der Waals surface area contributed by atoms with Crippen molar-refractivity contribution in [2.45, 2.75) is 13.2 Å². The average molecular weight is 468 g/mol. The first-order valence-electron chi connectivity index (χ1n) is 10.5. The van der Waals surface area contributed by atoms with Crippen molar-refractivity contribution in [1.82, 2.24) is 4.90 Å². The summed E-state index contributed by atoms with van der Waals surface area (Å²) in [6, 6.07) is 15.9. The molecule has 0 bridgehead atoms. The molecule has 1 N–H and O–H groups in total. The van der Waals surface area contributed by atoms with E-state index in [9.17, 15) is 18.7 Å². The number of methoxy groups -OCH3 is 1. The van der Waals surface area contributed by atoms with Crippen LogP contribution >= 0.6 is 0 Å². The van der Waals surface area contributed by atoms with Gasteiger partial charge in [-0.1, -0.05) is 30.3 Å². The minimum Gasteiger partial charge on any atom is -0.497 e. The predicted molar refractivity (Wildman–Crippen MR) is 121 cm³/mol. The number of aliphatic imine (C=N–C) groups is 1. The van der Waals surface area contributed by atoms with E-state index in [0.29, 0.717) is 17.9 Å². The lowest BCUT2D eigenvalue weighted by Gasteiger charge is -2.15. The van der Waals surface area contributed by atoms with Crippen molar-refractivity contribution >= 4 is 11.9 Å². The van der Waals surface area contributed by atoms with Gasteiger partial charge in [0.25, 0.3) is 0 Å². The van der Waals surface area contributed by atoms with Crippen molar-refractivity contribution < 1.29 is 32.9 Å². The van der Waals surface area contributed by atoms with E-state index < -0.39 is 17.7 Å². The molecule has 0 atom stereocenters. The van der Waals surface area contributed by atoms with Crippen LogP contribution in [-0.4, -0.2) is 42.1 Å². The molecule has 0 aromatic heterocycles. The van der Waals surface area contributed by atoms with E-state index in [1.807, 2.05) is 12.1 Å². The van der Waals surface area contributed by atoms with Crippen LogP contribution in [0.5, 0.6) is 17.2 Å². The highest BCUT2D eigenvalue weighted by molar-refractivity contribution is 6.07. The largest absolute Gasteiger partial charge is 0.497 e. The van der Waals surface area contributed by atoms with Crippen LogP contribution in [0.4, 0.5) is 13.6 Å². The van der Waals surface area contributed by atoms with Gasteiger partial charge in [-0.25, -0.2) is 9.18 Å². The molecule has 9 heteroatoms. The summed E-state index contributed by atoms with van der Waals surface area (Å²) < 4.78 is 45.7. The van der Waals surface area contributed by atoms with Gasteiger partial charge in [0.2, 0.25) is 5.82 Å². The smallest absolute Gasteiger partial charge is 0.413 e. The highest BCUT2D eigenvalue weighted by atomic mass is 19.1. The Morgan fingerprint density at radius 3 is 2.38 bits per heavy atom. The van der Waals surface area contributed by atoms with Crippen LogP contribution in [0.25, 0.3) is 0 Å². The van der Waals surface area contributed by atoms with E-state index in [1.54, 1.807) is 31.4 Å². The van der Waals surface area contributed by atoms with E-state index in [1.165, 1.54) is 24.3 Å². The summed E-state index contributed by atoms with van der Waals surface area (Å²) in [5.41, 5.74) is 1.37. The Morgan fingerprint density at radius 1 is 1.03 bits per heavy atom. The van der Waals surface area contributed by atoms with E-state index in [0.717, 1.165) is 10.5 Å². The molecule has 4 rings (SSSR count). The normalized spacial score (nSPS) is 12.9. The number of hydrogen-bond donors (Lipinski definition) is 1. The van der Waals surface area contributed by atoms with Gasteiger partial charge in [-0.2, -0.15) is 4.39 Å². The molecule has 0 radical (unpaired) electrons. The Morgan fingerprint density at radius 2 is 1.74 bits per heavy atom. The minimum absolute atomic E-state index is 0.0112. The molecule has 0 saturated heterocycles. The quantitative estimate of drug-likeness (QED) is 0.510. The number of hydrogen-bond acceptors (Lipinski definition) is 5. The molecule has 0 saturated carbocycles. The fourth-order valence-electron chi connectivity index (χ4n) is 3.44. The third-order valence-corrected chi connectivity index (χ3v) is 5.25.